The zero-order valence-corrected chi connectivity index (χ0v) is 11.4. The van der Waals surface area contributed by atoms with Crippen molar-refractivity contribution in [1.29, 1.82) is 0 Å². The normalized spacial score (nSPS) is 10.4. The molecule has 0 spiro atoms. The molecular weight excluding hydrogens is 252 g/mol. The van der Waals surface area contributed by atoms with Crippen LogP contribution in [0.2, 0.25) is 0 Å². The fourth-order valence-corrected chi connectivity index (χ4v) is 1.96. The standard InChI is InChI=1S/C15H20N4O/c16-11-13-5-3-12(4-6-13)10-15(20)19-7-1-2-14-17-8-9-18-14/h3-6,8-9H,1-2,7,10-11,16H2,(H,17,18)(H,19,20). The van der Waals surface area contributed by atoms with Gasteiger partial charge < -0.3 is 16.0 Å². The number of aryl methyl sites for hydroxylation is 1. The molecule has 0 bridgehead atoms. The maximum absolute atomic E-state index is 11.8. The van der Waals surface area contributed by atoms with Gasteiger partial charge in [-0.3, -0.25) is 4.79 Å². The molecule has 0 aliphatic heterocycles. The Morgan fingerprint density at radius 3 is 2.65 bits per heavy atom. The lowest BCUT2D eigenvalue weighted by Gasteiger charge is -2.05. The van der Waals surface area contributed by atoms with Crippen LogP contribution >= 0.6 is 0 Å². The van der Waals surface area contributed by atoms with E-state index in [-0.39, 0.29) is 5.91 Å². The summed E-state index contributed by atoms with van der Waals surface area (Å²) in [6.07, 6.45) is 5.67. The number of carbonyl (C=O) groups is 1. The second-order valence-electron chi connectivity index (χ2n) is 4.69. The first-order valence-electron chi connectivity index (χ1n) is 6.81. The highest BCUT2D eigenvalue weighted by atomic mass is 16.1. The molecule has 1 amide bonds. The number of imidazole rings is 1. The quantitative estimate of drug-likeness (QED) is 0.661. The molecule has 1 aromatic carbocycles. The number of nitrogens with two attached hydrogens (primary N) is 1. The first-order valence-corrected chi connectivity index (χ1v) is 6.81. The van der Waals surface area contributed by atoms with Crippen LogP contribution in [0, 0.1) is 0 Å². The van der Waals surface area contributed by atoms with Crippen molar-refractivity contribution >= 4 is 5.91 Å². The molecule has 4 N–H and O–H groups in total. The SMILES string of the molecule is NCc1ccc(CC(=O)NCCCc2ncc[nH]2)cc1. The van der Waals surface area contributed by atoms with Crippen LogP contribution in [0.4, 0.5) is 0 Å². The summed E-state index contributed by atoms with van der Waals surface area (Å²) in [5.41, 5.74) is 7.62. The lowest BCUT2D eigenvalue weighted by Crippen LogP contribution is -2.26. The van der Waals surface area contributed by atoms with E-state index in [0.717, 1.165) is 29.8 Å². The van der Waals surface area contributed by atoms with Gasteiger partial charge in [0, 0.05) is 31.9 Å². The van der Waals surface area contributed by atoms with Gasteiger partial charge in [0.1, 0.15) is 5.82 Å². The van der Waals surface area contributed by atoms with Crippen molar-refractivity contribution < 1.29 is 4.79 Å². The van der Waals surface area contributed by atoms with Gasteiger partial charge in [-0.05, 0) is 17.5 Å². The largest absolute Gasteiger partial charge is 0.356 e. The number of aromatic amines is 1. The third-order valence-corrected chi connectivity index (χ3v) is 3.09. The summed E-state index contributed by atoms with van der Waals surface area (Å²) >= 11 is 0. The molecule has 20 heavy (non-hydrogen) atoms. The average Bonchev–Trinajstić information content (AvgIpc) is 2.98. The van der Waals surface area contributed by atoms with Crippen LogP contribution in [0.25, 0.3) is 0 Å². The van der Waals surface area contributed by atoms with Gasteiger partial charge in [-0.25, -0.2) is 4.98 Å². The van der Waals surface area contributed by atoms with E-state index in [2.05, 4.69) is 15.3 Å². The Hall–Kier alpha value is -2.14. The Kier molecular flexibility index (Phi) is 5.32. The monoisotopic (exact) mass is 272 g/mol. The number of benzene rings is 1. The van der Waals surface area contributed by atoms with Crippen LogP contribution in [0.5, 0.6) is 0 Å². The molecule has 0 aliphatic carbocycles. The summed E-state index contributed by atoms with van der Waals surface area (Å²) < 4.78 is 0. The van der Waals surface area contributed by atoms with Crippen molar-refractivity contribution in [3.05, 3.63) is 53.6 Å². The van der Waals surface area contributed by atoms with Crippen molar-refractivity contribution in [3.63, 3.8) is 0 Å². The van der Waals surface area contributed by atoms with Crippen molar-refractivity contribution in [2.75, 3.05) is 6.54 Å². The van der Waals surface area contributed by atoms with Crippen molar-refractivity contribution in [1.82, 2.24) is 15.3 Å². The molecule has 0 saturated carbocycles. The summed E-state index contributed by atoms with van der Waals surface area (Å²) in [5.74, 6) is 1.00. The number of nitrogens with zero attached hydrogens (tertiary/aromatic N) is 1. The van der Waals surface area contributed by atoms with Gasteiger partial charge in [0.2, 0.25) is 5.91 Å². The van der Waals surface area contributed by atoms with Crippen LogP contribution in [0.1, 0.15) is 23.4 Å². The second-order valence-corrected chi connectivity index (χ2v) is 4.69. The average molecular weight is 272 g/mol. The summed E-state index contributed by atoms with van der Waals surface area (Å²) in [7, 11) is 0. The maximum Gasteiger partial charge on any atom is 0.224 e. The minimum Gasteiger partial charge on any atom is -0.356 e. The van der Waals surface area contributed by atoms with Gasteiger partial charge in [-0.2, -0.15) is 0 Å². The third kappa shape index (κ3) is 4.51. The highest BCUT2D eigenvalue weighted by Gasteiger charge is 2.03. The van der Waals surface area contributed by atoms with E-state index in [1.54, 1.807) is 12.4 Å². The summed E-state index contributed by atoms with van der Waals surface area (Å²) in [4.78, 5) is 18.9. The highest BCUT2D eigenvalue weighted by Crippen LogP contribution is 2.04. The number of nitrogens with one attached hydrogen (secondary N) is 2. The molecule has 2 rings (SSSR count). The van der Waals surface area contributed by atoms with E-state index < -0.39 is 0 Å². The number of hydrogen-bond acceptors (Lipinski definition) is 3. The van der Waals surface area contributed by atoms with Gasteiger partial charge in [-0.1, -0.05) is 24.3 Å². The first-order chi connectivity index (χ1) is 9.78. The molecular formula is C15H20N4O. The smallest absolute Gasteiger partial charge is 0.224 e. The molecule has 1 aromatic heterocycles. The van der Waals surface area contributed by atoms with Crippen LogP contribution in [0.15, 0.2) is 36.7 Å². The Morgan fingerprint density at radius 2 is 2.00 bits per heavy atom. The van der Waals surface area contributed by atoms with E-state index in [4.69, 9.17) is 5.73 Å². The minimum atomic E-state index is 0.0462. The number of hydrogen-bond donors (Lipinski definition) is 3. The Balaban J connectivity index is 1.66. The Bertz CT molecular complexity index is 519. The van der Waals surface area contributed by atoms with Crippen LogP contribution in [0.3, 0.4) is 0 Å². The Morgan fingerprint density at radius 1 is 1.25 bits per heavy atom. The van der Waals surface area contributed by atoms with E-state index >= 15 is 0 Å². The van der Waals surface area contributed by atoms with Gasteiger partial charge in [0.15, 0.2) is 0 Å². The predicted octanol–water partition coefficient (Wildman–Crippen LogP) is 1.16. The number of rotatable bonds is 7. The van der Waals surface area contributed by atoms with Gasteiger partial charge in [0.25, 0.3) is 0 Å². The number of H-pyrrole nitrogens is 1. The van der Waals surface area contributed by atoms with Crippen LogP contribution < -0.4 is 11.1 Å². The number of amides is 1. The number of carbonyl (C=O) groups excluding carboxylic acids is 1. The molecule has 2 aromatic rings. The molecule has 106 valence electrons. The van der Waals surface area contributed by atoms with Gasteiger partial charge in [-0.15, -0.1) is 0 Å². The molecule has 0 unspecified atom stereocenters. The zero-order valence-electron chi connectivity index (χ0n) is 11.4. The predicted molar refractivity (Wildman–Crippen MR) is 78.0 cm³/mol. The van der Waals surface area contributed by atoms with Crippen LogP contribution in [-0.2, 0) is 24.2 Å². The van der Waals surface area contributed by atoms with Gasteiger partial charge in [0.05, 0.1) is 6.42 Å². The van der Waals surface area contributed by atoms with Crippen molar-refractivity contribution in [3.8, 4) is 0 Å². The minimum absolute atomic E-state index is 0.0462. The van der Waals surface area contributed by atoms with Crippen LogP contribution in [-0.4, -0.2) is 22.4 Å². The summed E-state index contributed by atoms with van der Waals surface area (Å²) in [6, 6.07) is 7.81. The second kappa shape index (κ2) is 7.45. The van der Waals surface area contributed by atoms with E-state index in [1.165, 1.54) is 0 Å². The molecule has 0 fully saturated rings. The summed E-state index contributed by atoms with van der Waals surface area (Å²) in [5, 5.41) is 2.92. The fourth-order valence-electron chi connectivity index (χ4n) is 1.96. The Labute approximate surface area is 118 Å². The first kappa shape index (κ1) is 14.3. The molecule has 0 atom stereocenters. The molecule has 1 heterocycles. The number of aromatic nitrogens is 2. The fraction of sp³-hybridized carbons (Fsp3) is 0.333. The van der Waals surface area contributed by atoms with E-state index in [1.807, 2.05) is 24.3 Å². The van der Waals surface area contributed by atoms with Crippen molar-refractivity contribution in [2.45, 2.75) is 25.8 Å². The zero-order chi connectivity index (χ0) is 14.2. The lowest BCUT2D eigenvalue weighted by atomic mass is 10.1. The summed E-state index contributed by atoms with van der Waals surface area (Å²) in [6.45, 7) is 1.19. The highest BCUT2D eigenvalue weighted by molar-refractivity contribution is 5.78. The molecule has 0 radical (unpaired) electrons. The molecule has 5 heteroatoms. The molecule has 0 aliphatic rings. The van der Waals surface area contributed by atoms with E-state index in [0.29, 0.717) is 19.5 Å². The lowest BCUT2D eigenvalue weighted by molar-refractivity contribution is -0.120. The topological polar surface area (TPSA) is 83.8 Å². The molecule has 0 saturated heterocycles. The van der Waals surface area contributed by atoms with Gasteiger partial charge >= 0.3 is 0 Å². The molecule has 5 nitrogen and oxygen atoms in total. The van der Waals surface area contributed by atoms with E-state index in [9.17, 15) is 4.79 Å². The van der Waals surface area contributed by atoms with Crippen molar-refractivity contribution in [2.24, 2.45) is 5.73 Å². The maximum atomic E-state index is 11.8. The third-order valence-electron chi connectivity index (χ3n) is 3.09.